The number of nitrogens with one attached hydrogen (secondary N) is 1. The van der Waals surface area contributed by atoms with Crippen molar-refractivity contribution in [3.63, 3.8) is 0 Å². The lowest BCUT2D eigenvalue weighted by molar-refractivity contribution is -0.117. The maximum atomic E-state index is 12.9. The van der Waals surface area contributed by atoms with Crippen LogP contribution < -0.4 is 10.2 Å². The van der Waals surface area contributed by atoms with Gasteiger partial charge in [0.1, 0.15) is 5.82 Å². The predicted molar refractivity (Wildman–Crippen MR) is 101 cm³/mol. The van der Waals surface area contributed by atoms with E-state index in [1.54, 1.807) is 18.2 Å². The van der Waals surface area contributed by atoms with Gasteiger partial charge in [0.25, 0.3) is 0 Å². The highest BCUT2D eigenvalue weighted by Gasteiger charge is 2.13. The average molecular weight is 354 g/mol. The predicted octanol–water partition coefficient (Wildman–Crippen LogP) is 3.55. The number of amides is 1. The Kier molecular flexibility index (Phi) is 6.02. The van der Waals surface area contributed by atoms with E-state index >= 15 is 0 Å². The second kappa shape index (κ2) is 8.63. The molecule has 5 heteroatoms. The summed E-state index contributed by atoms with van der Waals surface area (Å²) < 4.78 is 18.3. The van der Waals surface area contributed by atoms with Gasteiger partial charge >= 0.3 is 0 Å². The topological polar surface area (TPSA) is 41.6 Å². The molecule has 0 aliphatic carbocycles. The minimum atomic E-state index is -0.291. The molecule has 1 amide bonds. The number of hydrogen-bond donors (Lipinski definition) is 1. The zero-order valence-electron chi connectivity index (χ0n) is 14.8. The first-order chi connectivity index (χ1) is 12.6. The van der Waals surface area contributed by atoms with Crippen molar-refractivity contribution in [2.24, 2.45) is 0 Å². The van der Waals surface area contributed by atoms with E-state index in [0.29, 0.717) is 0 Å². The summed E-state index contributed by atoms with van der Waals surface area (Å²) in [5.41, 5.74) is 2.98. The first kappa shape index (κ1) is 18.1. The molecule has 1 N–H and O–H groups in total. The minimum Gasteiger partial charge on any atom is -0.378 e. The summed E-state index contributed by atoms with van der Waals surface area (Å²) in [4.78, 5) is 14.4. The van der Waals surface area contributed by atoms with Crippen LogP contribution in [0.15, 0.2) is 54.6 Å². The number of hydrogen-bond acceptors (Lipinski definition) is 3. The zero-order valence-corrected chi connectivity index (χ0v) is 14.8. The van der Waals surface area contributed by atoms with Gasteiger partial charge in [0.15, 0.2) is 0 Å². The van der Waals surface area contributed by atoms with Gasteiger partial charge in [0, 0.05) is 24.9 Å². The molecular formula is C21H23FN2O2. The molecule has 1 aliphatic heterocycles. The number of halogens is 1. The van der Waals surface area contributed by atoms with Gasteiger partial charge in [-0.3, -0.25) is 4.79 Å². The van der Waals surface area contributed by atoms with E-state index in [9.17, 15) is 9.18 Å². The van der Waals surface area contributed by atoms with Crippen LogP contribution in [0.3, 0.4) is 0 Å². The summed E-state index contributed by atoms with van der Waals surface area (Å²) in [6.45, 7) is 5.20. The van der Waals surface area contributed by atoms with Gasteiger partial charge in [-0.1, -0.05) is 24.3 Å². The van der Waals surface area contributed by atoms with E-state index in [4.69, 9.17) is 4.74 Å². The summed E-state index contributed by atoms with van der Waals surface area (Å²) in [5, 5.41) is 2.96. The van der Waals surface area contributed by atoms with Crippen molar-refractivity contribution in [2.75, 3.05) is 31.2 Å². The maximum absolute atomic E-state index is 12.9. The molecule has 2 aromatic rings. The van der Waals surface area contributed by atoms with E-state index in [1.807, 2.05) is 19.1 Å². The highest BCUT2D eigenvalue weighted by atomic mass is 19.1. The van der Waals surface area contributed by atoms with Crippen molar-refractivity contribution < 1.29 is 13.9 Å². The maximum Gasteiger partial charge on any atom is 0.244 e. The molecule has 0 aromatic heterocycles. The molecule has 3 rings (SSSR count). The standard InChI is InChI=1S/C21H23FN2O2/c1-16(23-21(25)10-7-17-5-8-19(22)9-6-17)18-3-2-4-20(15-18)24-11-13-26-14-12-24/h2-10,15-16H,11-14H2,1H3,(H,23,25)/b10-7+. The quantitative estimate of drug-likeness (QED) is 0.835. The van der Waals surface area contributed by atoms with Crippen molar-refractivity contribution in [1.29, 1.82) is 0 Å². The lowest BCUT2D eigenvalue weighted by Gasteiger charge is -2.29. The molecule has 2 aromatic carbocycles. The van der Waals surface area contributed by atoms with E-state index in [0.717, 1.165) is 43.1 Å². The van der Waals surface area contributed by atoms with Crippen LogP contribution in [0.2, 0.25) is 0 Å². The third-order valence-corrected chi connectivity index (χ3v) is 4.40. The summed E-state index contributed by atoms with van der Waals surface area (Å²) >= 11 is 0. The molecule has 1 heterocycles. The number of carbonyl (C=O) groups excluding carboxylic acids is 1. The molecule has 26 heavy (non-hydrogen) atoms. The van der Waals surface area contributed by atoms with Crippen LogP contribution in [0, 0.1) is 5.82 Å². The molecule has 1 aliphatic rings. The smallest absolute Gasteiger partial charge is 0.244 e. The highest BCUT2D eigenvalue weighted by molar-refractivity contribution is 5.92. The molecule has 1 saturated heterocycles. The summed E-state index contributed by atoms with van der Waals surface area (Å²) in [6.07, 6.45) is 3.14. The Morgan fingerprint density at radius 2 is 1.92 bits per heavy atom. The molecule has 1 atom stereocenters. The van der Waals surface area contributed by atoms with Gasteiger partial charge < -0.3 is 15.0 Å². The normalized spacial score (nSPS) is 15.8. The highest BCUT2D eigenvalue weighted by Crippen LogP contribution is 2.21. The fourth-order valence-electron chi connectivity index (χ4n) is 2.90. The van der Waals surface area contributed by atoms with Gasteiger partial charge in [-0.05, 0) is 48.4 Å². The van der Waals surface area contributed by atoms with Crippen LogP contribution in [0.1, 0.15) is 24.1 Å². The Morgan fingerprint density at radius 3 is 2.65 bits per heavy atom. The Hall–Kier alpha value is -2.66. The van der Waals surface area contributed by atoms with E-state index in [1.165, 1.54) is 18.2 Å². The number of anilines is 1. The van der Waals surface area contributed by atoms with Crippen LogP contribution >= 0.6 is 0 Å². The van der Waals surface area contributed by atoms with E-state index in [2.05, 4.69) is 22.3 Å². The van der Waals surface area contributed by atoms with E-state index in [-0.39, 0.29) is 17.8 Å². The van der Waals surface area contributed by atoms with Gasteiger partial charge in [-0.15, -0.1) is 0 Å². The molecule has 1 fully saturated rings. The Balaban J connectivity index is 1.61. The fourth-order valence-corrected chi connectivity index (χ4v) is 2.90. The number of nitrogens with zero attached hydrogens (tertiary/aromatic N) is 1. The van der Waals surface area contributed by atoms with E-state index < -0.39 is 0 Å². The second-order valence-corrected chi connectivity index (χ2v) is 6.31. The molecule has 4 nitrogen and oxygen atoms in total. The number of rotatable bonds is 5. The molecule has 0 saturated carbocycles. The fraction of sp³-hybridized carbons (Fsp3) is 0.286. The zero-order chi connectivity index (χ0) is 18.4. The van der Waals surface area contributed by atoms with Gasteiger partial charge in [0.05, 0.1) is 19.3 Å². The molecule has 1 unspecified atom stereocenters. The molecule has 0 radical (unpaired) electrons. The number of ether oxygens (including phenoxy) is 1. The lowest BCUT2D eigenvalue weighted by atomic mass is 10.1. The van der Waals surface area contributed by atoms with Gasteiger partial charge in [0.2, 0.25) is 5.91 Å². The molecule has 0 spiro atoms. The van der Waals surface area contributed by atoms with Crippen molar-refractivity contribution in [3.8, 4) is 0 Å². The van der Waals surface area contributed by atoms with Crippen molar-refractivity contribution >= 4 is 17.7 Å². The molecule has 0 bridgehead atoms. The number of benzene rings is 2. The van der Waals surface area contributed by atoms with Crippen LogP contribution in [0.25, 0.3) is 6.08 Å². The van der Waals surface area contributed by atoms with Gasteiger partial charge in [-0.25, -0.2) is 4.39 Å². The van der Waals surface area contributed by atoms with Crippen LogP contribution in [0.5, 0.6) is 0 Å². The monoisotopic (exact) mass is 354 g/mol. The lowest BCUT2D eigenvalue weighted by Crippen LogP contribution is -2.36. The Morgan fingerprint density at radius 1 is 1.19 bits per heavy atom. The van der Waals surface area contributed by atoms with Crippen molar-refractivity contribution in [1.82, 2.24) is 5.32 Å². The van der Waals surface area contributed by atoms with Crippen LogP contribution in [0.4, 0.5) is 10.1 Å². The Labute approximate surface area is 153 Å². The first-order valence-corrected chi connectivity index (χ1v) is 8.78. The summed E-state index contributed by atoms with van der Waals surface area (Å²) in [5.74, 6) is -0.473. The molecule has 136 valence electrons. The minimum absolute atomic E-state index is 0.110. The SMILES string of the molecule is CC(NC(=O)/C=C/c1ccc(F)cc1)c1cccc(N2CCOCC2)c1. The average Bonchev–Trinajstić information content (AvgIpc) is 2.68. The third kappa shape index (κ3) is 4.92. The Bertz CT molecular complexity index is 768. The van der Waals surface area contributed by atoms with Crippen LogP contribution in [-0.2, 0) is 9.53 Å². The largest absolute Gasteiger partial charge is 0.378 e. The van der Waals surface area contributed by atoms with Gasteiger partial charge in [-0.2, -0.15) is 0 Å². The van der Waals surface area contributed by atoms with Crippen LogP contribution in [-0.4, -0.2) is 32.2 Å². The van der Waals surface area contributed by atoms with Crippen molar-refractivity contribution in [3.05, 3.63) is 71.6 Å². The second-order valence-electron chi connectivity index (χ2n) is 6.31. The summed E-state index contributed by atoms with van der Waals surface area (Å²) in [6, 6.07) is 14.1. The first-order valence-electron chi connectivity index (χ1n) is 8.78. The summed E-state index contributed by atoms with van der Waals surface area (Å²) in [7, 11) is 0. The molecular weight excluding hydrogens is 331 g/mol. The third-order valence-electron chi connectivity index (χ3n) is 4.40. The van der Waals surface area contributed by atoms with Crippen molar-refractivity contribution in [2.45, 2.75) is 13.0 Å². The number of carbonyl (C=O) groups is 1. The number of morpholine rings is 1.